The number of benzene rings is 5. The average Bonchev–Trinajstić information content (AvgIpc) is 3.07. The number of pyridine rings is 2. The predicted molar refractivity (Wildman–Crippen MR) is 185 cm³/mol. The molecule has 2 aromatic heterocycles. The molecule has 0 spiro atoms. The van der Waals surface area contributed by atoms with Crippen molar-refractivity contribution in [2.24, 2.45) is 0 Å². The standard InChI is InChI=1S/C40H32N4/c1-27-13-23-37(41-25-27)43(31-9-5-3-6-10-31)35-21-17-29-16-20-34-36(22-18-30-15-19-33(35)39(29)40(30)34)44(32-11-7-4-8-12-32)38-24-14-28(2)26-42-38/h3-11,13-26,32H,12H2,1-2H3. The van der Waals surface area contributed by atoms with Crippen LogP contribution in [0.15, 0.2) is 140 Å². The van der Waals surface area contributed by atoms with E-state index >= 15 is 0 Å². The Hall–Kier alpha value is -5.48. The molecule has 5 aromatic carbocycles. The maximum Gasteiger partial charge on any atom is 0.137 e. The fraction of sp³-hybridized carbons (Fsp3) is 0.100. The summed E-state index contributed by atoms with van der Waals surface area (Å²) in [5, 5.41) is 7.42. The van der Waals surface area contributed by atoms with E-state index in [-0.39, 0.29) is 6.04 Å². The quantitative estimate of drug-likeness (QED) is 0.187. The number of para-hydroxylation sites is 1. The van der Waals surface area contributed by atoms with Crippen molar-refractivity contribution in [2.75, 3.05) is 9.80 Å². The van der Waals surface area contributed by atoms with E-state index in [9.17, 15) is 0 Å². The molecule has 4 heteroatoms. The third-order valence-electron chi connectivity index (χ3n) is 8.69. The van der Waals surface area contributed by atoms with Crippen molar-refractivity contribution < 1.29 is 0 Å². The number of rotatable bonds is 6. The Kier molecular flexibility index (Phi) is 6.34. The number of hydrogen-bond acceptors (Lipinski definition) is 4. The zero-order valence-corrected chi connectivity index (χ0v) is 24.9. The summed E-state index contributed by atoms with van der Waals surface area (Å²) in [6, 6.07) is 37.3. The lowest BCUT2D eigenvalue weighted by Crippen LogP contribution is -2.30. The molecule has 0 aliphatic heterocycles. The molecule has 0 fully saturated rings. The molecule has 7 aromatic rings. The first-order valence-electron chi connectivity index (χ1n) is 15.2. The van der Waals surface area contributed by atoms with Crippen LogP contribution in [-0.4, -0.2) is 16.0 Å². The van der Waals surface area contributed by atoms with E-state index in [0.717, 1.165) is 40.6 Å². The van der Waals surface area contributed by atoms with Crippen LogP contribution in [0.5, 0.6) is 0 Å². The fourth-order valence-electron chi connectivity index (χ4n) is 6.57. The van der Waals surface area contributed by atoms with E-state index in [2.05, 4.69) is 151 Å². The number of allylic oxidation sites excluding steroid dienone is 2. The SMILES string of the molecule is Cc1ccc(N(c2ccccc2)c2ccc3ccc4c(N(c5ccc(C)cn5)C5C=CC=CC5)ccc5ccc2c3c54)nc1. The van der Waals surface area contributed by atoms with E-state index in [4.69, 9.17) is 9.97 Å². The van der Waals surface area contributed by atoms with Gasteiger partial charge in [-0.2, -0.15) is 0 Å². The monoisotopic (exact) mass is 568 g/mol. The lowest BCUT2D eigenvalue weighted by atomic mass is 9.91. The van der Waals surface area contributed by atoms with E-state index in [1.165, 1.54) is 38.0 Å². The molecule has 44 heavy (non-hydrogen) atoms. The lowest BCUT2D eigenvalue weighted by Gasteiger charge is -2.33. The van der Waals surface area contributed by atoms with E-state index in [1.54, 1.807) is 0 Å². The molecule has 1 aliphatic rings. The number of hydrogen-bond donors (Lipinski definition) is 0. The summed E-state index contributed by atoms with van der Waals surface area (Å²) in [5.41, 5.74) is 5.65. The van der Waals surface area contributed by atoms with Gasteiger partial charge in [0.2, 0.25) is 0 Å². The van der Waals surface area contributed by atoms with Crippen LogP contribution >= 0.6 is 0 Å². The Bertz CT molecular complexity index is 2160. The van der Waals surface area contributed by atoms with Crippen molar-refractivity contribution in [1.29, 1.82) is 0 Å². The largest absolute Gasteiger partial charge is 0.319 e. The van der Waals surface area contributed by atoms with Crippen molar-refractivity contribution >= 4 is 61.0 Å². The first kappa shape index (κ1) is 26.2. The van der Waals surface area contributed by atoms with E-state index in [1.807, 2.05) is 12.4 Å². The van der Waals surface area contributed by atoms with Crippen LogP contribution < -0.4 is 9.80 Å². The number of aryl methyl sites for hydroxylation is 2. The molecule has 0 saturated heterocycles. The molecule has 0 radical (unpaired) electrons. The molecule has 1 aliphatic carbocycles. The molecule has 1 unspecified atom stereocenters. The second-order valence-electron chi connectivity index (χ2n) is 11.6. The molecule has 1 atom stereocenters. The van der Waals surface area contributed by atoms with E-state index < -0.39 is 0 Å². The third-order valence-corrected chi connectivity index (χ3v) is 8.69. The highest BCUT2D eigenvalue weighted by Crippen LogP contribution is 2.46. The topological polar surface area (TPSA) is 32.3 Å². The number of aromatic nitrogens is 2. The maximum absolute atomic E-state index is 4.90. The van der Waals surface area contributed by atoms with Crippen molar-refractivity contribution in [2.45, 2.75) is 26.3 Å². The van der Waals surface area contributed by atoms with Crippen molar-refractivity contribution in [3.8, 4) is 0 Å². The molecule has 4 nitrogen and oxygen atoms in total. The Labute approximate surface area is 257 Å². The minimum atomic E-state index is 0.172. The Morgan fingerprint density at radius 1 is 0.591 bits per heavy atom. The molecule has 0 N–H and O–H groups in total. The molecule has 0 bridgehead atoms. The summed E-state index contributed by atoms with van der Waals surface area (Å²) in [6.07, 6.45) is 13.6. The van der Waals surface area contributed by atoms with Gasteiger partial charge in [-0.05, 0) is 89.3 Å². The molecule has 212 valence electrons. The van der Waals surface area contributed by atoms with Gasteiger partial charge in [-0.3, -0.25) is 4.90 Å². The van der Waals surface area contributed by atoms with Gasteiger partial charge in [-0.15, -0.1) is 0 Å². The molecule has 8 rings (SSSR count). The molecular weight excluding hydrogens is 536 g/mol. The van der Waals surface area contributed by atoms with Gasteiger partial charge in [0.1, 0.15) is 11.6 Å². The molecule has 2 heterocycles. The highest BCUT2D eigenvalue weighted by atomic mass is 15.2. The molecule has 0 saturated carbocycles. The Balaban J connectivity index is 1.39. The summed E-state index contributed by atoms with van der Waals surface area (Å²) < 4.78 is 0. The first-order chi connectivity index (χ1) is 21.7. The predicted octanol–water partition coefficient (Wildman–Crippen LogP) is 10.5. The highest BCUT2D eigenvalue weighted by molar-refractivity contribution is 6.27. The van der Waals surface area contributed by atoms with Gasteiger partial charge in [0.05, 0.1) is 17.4 Å². The second kappa shape index (κ2) is 10.7. The molecular formula is C40H32N4. The van der Waals surface area contributed by atoms with Crippen molar-refractivity contribution in [1.82, 2.24) is 9.97 Å². The van der Waals surface area contributed by atoms with Crippen LogP contribution in [0.1, 0.15) is 17.5 Å². The minimum Gasteiger partial charge on any atom is -0.319 e. The van der Waals surface area contributed by atoms with Gasteiger partial charge in [0.15, 0.2) is 0 Å². The maximum atomic E-state index is 4.90. The molecule has 0 amide bonds. The summed E-state index contributed by atoms with van der Waals surface area (Å²) in [6.45, 7) is 4.16. The van der Waals surface area contributed by atoms with Gasteiger partial charge < -0.3 is 4.90 Å². The third kappa shape index (κ3) is 4.38. The van der Waals surface area contributed by atoms with Crippen molar-refractivity contribution in [3.05, 3.63) is 151 Å². The van der Waals surface area contributed by atoms with Gasteiger partial charge in [0.25, 0.3) is 0 Å². The number of nitrogens with zero attached hydrogens (tertiary/aromatic N) is 4. The second-order valence-corrected chi connectivity index (χ2v) is 11.6. The Morgan fingerprint density at radius 3 is 1.82 bits per heavy atom. The summed E-state index contributed by atoms with van der Waals surface area (Å²) in [4.78, 5) is 14.4. The lowest BCUT2D eigenvalue weighted by molar-refractivity contribution is 0.776. The zero-order valence-electron chi connectivity index (χ0n) is 24.9. The fourth-order valence-corrected chi connectivity index (χ4v) is 6.57. The van der Waals surface area contributed by atoms with Crippen LogP contribution in [0, 0.1) is 13.8 Å². The summed E-state index contributed by atoms with van der Waals surface area (Å²) >= 11 is 0. The Morgan fingerprint density at radius 2 is 1.20 bits per heavy atom. The van der Waals surface area contributed by atoms with Gasteiger partial charge in [0, 0.05) is 28.9 Å². The van der Waals surface area contributed by atoms with Crippen molar-refractivity contribution in [3.63, 3.8) is 0 Å². The van der Waals surface area contributed by atoms with Gasteiger partial charge in [-0.25, -0.2) is 9.97 Å². The summed E-state index contributed by atoms with van der Waals surface area (Å²) in [5.74, 6) is 1.85. The average molecular weight is 569 g/mol. The summed E-state index contributed by atoms with van der Waals surface area (Å²) in [7, 11) is 0. The van der Waals surface area contributed by atoms with Crippen LogP contribution in [0.3, 0.4) is 0 Å². The first-order valence-corrected chi connectivity index (χ1v) is 15.2. The van der Waals surface area contributed by atoms with E-state index in [0.29, 0.717) is 0 Å². The zero-order chi connectivity index (χ0) is 29.6. The van der Waals surface area contributed by atoms with Gasteiger partial charge >= 0.3 is 0 Å². The smallest absolute Gasteiger partial charge is 0.137 e. The highest BCUT2D eigenvalue weighted by Gasteiger charge is 2.24. The van der Waals surface area contributed by atoms with Crippen LogP contribution in [0.2, 0.25) is 0 Å². The minimum absolute atomic E-state index is 0.172. The normalized spacial score (nSPS) is 14.5. The van der Waals surface area contributed by atoms with Gasteiger partial charge in [-0.1, -0.05) is 91.0 Å². The van der Waals surface area contributed by atoms with Crippen LogP contribution in [0.25, 0.3) is 32.3 Å². The van der Waals surface area contributed by atoms with Crippen LogP contribution in [0.4, 0.5) is 28.7 Å². The number of anilines is 5. The van der Waals surface area contributed by atoms with Crippen LogP contribution in [-0.2, 0) is 0 Å².